The molecule has 2 unspecified atom stereocenters. The van der Waals surface area contributed by atoms with Crippen molar-refractivity contribution < 1.29 is 62.9 Å². The first kappa shape index (κ1) is 25.7. The van der Waals surface area contributed by atoms with Crippen molar-refractivity contribution in [1.82, 2.24) is 0 Å². The van der Waals surface area contributed by atoms with Crippen LogP contribution in [0, 0.1) is 0 Å². The Labute approximate surface area is 146 Å². The fraction of sp³-hybridized carbons (Fsp3) is 0.923. The third-order valence-corrected chi connectivity index (χ3v) is 3.04. The van der Waals surface area contributed by atoms with Crippen LogP contribution >= 0.6 is 0 Å². The molecule has 0 bridgehead atoms. The molecule has 4 nitrogen and oxygen atoms in total. The van der Waals surface area contributed by atoms with Crippen molar-refractivity contribution in [2.24, 2.45) is 0 Å². The smallest absolute Gasteiger partial charge is 0.461 e. The van der Waals surface area contributed by atoms with Gasteiger partial charge in [0, 0.05) is 6.61 Å². The van der Waals surface area contributed by atoms with Crippen LogP contribution in [0.1, 0.15) is 27.2 Å². The fourth-order valence-corrected chi connectivity index (χ4v) is 1.40. The van der Waals surface area contributed by atoms with Crippen LogP contribution in [-0.2, 0) is 19.0 Å². The number of carbonyl (C=O) groups excluding carboxylic acids is 1. The van der Waals surface area contributed by atoms with Crippen LogP contribution in [0.5, 0.6) is 0 Å². The van der Waals surface area contributed by atoms with Crippen LogP contribution in [0.4, 0.5) is 43.9 Å². The summed E-state index contributed by atoms with van der Waals surface area (Å²) in [5.41, 5.74) is -4.81. The normalized spacial score (nSPS) is 17.4. The van der Waals surface area contributed by atoms with Crippen LogP contribution < -0.4 is 0 Å². The molecule has 0 aromatic heterocycles. The largest absolute Gasteiger partial charge is 0.462 e. The Hall–Kier alpha value is -1.31. The van der Waals surface area contributed by atoms with E-state index >= 15 is 0 Å². The Balaban J connectivity index is 5.57. The van der Waals surface area contributed by atoms with E-state index in [0.29, 0.717) is 6.42 Å². The maximum Gasteiger partial charge on any atom is 0.462 e. The predicted octanol–water partition coefficient (Wildman–Crippen LogP) is 4.47. The molecular weight excluding hydrogens is 410 g/mol. The summed E-state index contributed by atoms with van der Waals surface area (Å²) in [7, 11) is 0. The Morgan fingerprint density at radius 1 is 0.926 bits per heavy atom. The molecule has 0 N–H and O–H groups in total. The topological polar surface area (TPSA) is 44.8 Å². The lowest BCUT2D eigenvalue weighted by atomic mass is 10.1. The number of hydrogen-bond donors (Lipinski definition) is 0. The Morgan fingerprint density at radius 2 is 1.41 bits per heavy atom. The molecule has 0 fully saturated rings. The Bertz CT molecular complexity index is 502. The van der Waals surface area contributed by atoms with Crippen molar-refractivity contribution in [2.45, 2.75) is 63.3 Å². The highest BCUT2D eigenvalue weighted by Crippen LogP contribution is 2.50. The molecule has 0 heterocycles. The standard InChI is InChI=1S/C13H16F10O4/c1-4-5-25-7(2)6-26-8(24)9(3,11(16,17)18)27-13(22,23)10(14,15)12(19,20)21/h7H,4-6H2,1-3H3. The Morgan fingerprint density at radius 3 is 1.78 bits per heavy atom. The molecule has 0 saturated heterocycles. The predicted molar refractivity (Wildman–Crippen MR) is 68.2 cm³/mol. The van der Waals surface area contributed by atoms with E-state index in [1.54, 1.807) is 6.92 Å². The van der Waals surface area contributed by atoms with Gasteiger partial charge < -0.3 is 9.47 Å². The minimum atomic E-state index is -7.01. The van der Waals surface area contributed by atoms with E-state index in [2.05, 4.69) is 9.47 Å². The summed E-state index contributed by atoms with van der Waals surface area (Å²) >= 11 is 0. The summed E-state index contributed by atoms with van der Waals surface area (Å²) in [6.45, 7) is 1.61. The number of carbonyl (C=O) groups is 1. The van der Waals surface area contributed by atoms with Crippen LogP contribution in [-0.4, -0.2) is 55.3 Å². The lowest BCUT2D eigenvalue weighted by molar-refractivity contribution is -0.456. The summed E-state index contributed by atoms with van der Waals surface area (Å²) in [6.07, 6.45) is -20.3. The molecule has 2 atom stereocenters. The molecule has 0 aliphatic heterocycles. The van der Waals surface area contributed by atoms with Crippen molar-refractivity contribution in [3.05, 3.63) is 0 Å². The van der Waals surface area contributed by atoms with Crippen LogP contribution in [0.25, 0.3) is 0 Å². The van der Waals surface area contributed by atoms with Gasteiger partial charge in [0.2, 0.25) is 0 Å². The van der Waals surface area contributed by atoms with Gasteiger partial charge in [-0.3, -0.25) is 4.74 Å². The van der Waals surface area contributed by atoms with Gasteiger partial charge in [-0.1, -0.05) is 6.92 Å². The summed E-state index contributed by atoms with van der Waals surface area (Å²) in [4.78, 5) is 11.6. The maximum atomic E-state index is 13.2. The van der Waals surface area contributed by atoms with Crippen molar-refractivity contribution >= 4 is 5.97 Å². The molecule has 0 saturated carbocycles. The zero-order valence-electron chi connectivity index (χ0n) is 14.1. The highest BCUT2D eigenvalue weighted by atomic mass is 19.4. The molecule has 162 valence electrons. The second-order valence-electron chi connectivity index (χ2n) is 5.50. The molecule has 0 aromatic rings. The van der Waals surface area contributed by atoms with Gasteiger partial charge in [-0.15, -0.1) is 0 Å². The van der Waals surface area contributed by atoms with Crippen LogP contribution in [0.2, 0.25) is 0 Å². The van der Waals surface area contributed by atoms with E-state index in [1.165, 1.54) is 6.92 Å². The second kappa shape index (κ2) is 8.37. The summed E-state index contributed by atoms with van der Waals surface area (Å²) in [5.74, 6) is -9.65. The molecule has 0 spiro atoms. The zero-order chi connectivity index (χ0) is 21.9. The summed E-state index contributed by atoms with van der Waals surface area (Å²) in [5, 5.41) is 0. The molecule has 14 heteroatoms. The molecule has 0 radical (unpaired) electrons. The molecule has 0 aromatic carbocycles. The van der Waals surface area contributed by atoms with Crippen molar-refractivity contribution in [1.29, 1.82) is 0 Å². The number of hydrogen-bond acceptors (Lipinski definition) is 4. The number of halogens is 10. The number of rotatable bonds is 9. The zero-order valence-corrected chi connectivity index (χ0v) is 14.1. The monoisotopic (exact) mass is 426 g/mol. The van der Waals surface area contributed by atoms with Gasteiger partial charge in [0.15, 0.2) is 0 Å². The first-order valence-electron chi connectivity index (χ1n) is 7.21. The van der Waals surface area contributed by atoms with Gasteiger partial charge in [-0.25, -0.2) is 4.79 Å². The average molecular weight is 426 g/mol. The SMILES string of the molecule is CCCOC(C)COC(=O)C(C)(OC(F)(F)C(F)(F)C(F)(F)F)C(F)(F)F. The lowest BCUT2D eigenvalue weighted by Crippen LogP contribution is -2.62. The van der Waals surface area contributed by atoms with Crippen molar-refractivity contribution in [3.63, 3.8) is 0 Å². The number of esters is 1. The van der Waals surface area contributed by atoms with Gasteiger partial charge in [0.25, 0.3) is 5.60 Å². The molecule has 0 aliphatic carbocycles. The summed E-state index contributed by atoms with van der Waals surface area (Å²) in [6, 6.07) is 0. The summed E-state index contributed by atoms with van der Waals surface area (Å²) < 4.78 is 139. The highest BCUT2D eigenvalue weighted by molar-refractivity contribution is 5.80. The highest BCUT2D eigenvalue weighted by Gasteiger charge is 2.78. The quantitative estimate of drug-likeness (QED) is 0.403. The third-order valence-electron chi connectivity index (χ3n) is 3.04. The van der Waals surface area contributed by atoms with Gasteiger partial charge in [0.1, 0.15) is 6.61 Å². The van der Waals surface area contributed by atoms with E-state index < -0.39 is 55.6 Å². The van der Waals surface area contributed by atoms with E-state index in [4.69, 9.17) is 4.74 Å². The van der Waals surface area contributed by atoms with Gasteiger partial charge in [0.05, 0.1) is 6.10 Å². The molecule has 27 heavy (non-hydrogen) atoms. The van der Waals surface area contributed by atoms with Crippen LogP contribution in [0.15, 0.2) is 0 Å². The van der Waals surface area contributed by atoms with Gasteiger partial charge in [-0.05, 0) is 20.3 Å². The number of ether oxygens (including phenoxy) is 3. The minimum absolute atomic E-state index is 0.0988. The molecule has 0 rings (SSSR count). The van der Waals surface area contributed by atoms with Gasteiger partial charge >= 0.3 is 30.4 Å². The fourth-order valence-electron chi connectivity index (χ4n) is 1.40. The van der Waals surface area contributed by atoms with Crippen molar-refractivity contribution in [2.75, 3.05) is 13.2 Å². The minimum Gasteiger partial charge on any atom is -0.461 e. The second-order valence-corrected chi connectivity index (χ2v) is 5.50. The molecule has 0 aliphatic rings. The third kappa shape index (κ3) is 5.83. The average Bonchev–Trinajstić information content (AvgIpc) is 2.47. The van der Waals surface area contributed by atoms with E-state index in [1.807, 2.05) is 0 Å². The van der Waals surface area contributed by atoms with Gasteiger partial charge in [-0.2, -0.15) is 43.9 Å². The first-order chi connectivity index (χ1) is 11.8. The lowest BCUT2D eigenvalue weighted by Gasteiger charge is -2.36. The van der Waals surface area contributed by atoms with E-state index in [9.17, 15) is 48.7 Å². The van der Waals surface area contributed by atoms with E-state index in [-0.39, 0.29) is 6.61 Å². The Kier molecular flexibility index (Phi) is 7.96. The number of alkyl halides is 10. The van der Waals surface area contributed by atoms with E-state index in [0.717, 1.165) is 0 Å². The van der Waals surface area contributed by atoms with Crippen LogP contribution in [0.3, 0.4) is 0 Å². The maximum absolute atomic E-state index is 13.2. The first-order valence-corrected chi connectivity index (χ1v) is 7.21. The molecular formula is C13H16F10O4. The molecule has 0 amide bonds. The van der Waals surface area contributed by atoms with Crippen molar-refractivity contribution in [3.8, 4) is 0 Å².